The van der Waals surface area contributed by atoms with Gasteiger partial charge in [0.25, 0.3) is 5.91 Å². The Labute approximate surface area is 182 Å². The molecule has 0 unspecified atom stereocenters. The highest BCUT2D eigenvalue weighted by Gasteiger charge is 2.16. The Kier molecular flexibility index (Phi) is 5.64. The molecule has 7 nitrogen and oxygen atoms in total. The molecule has 0 saturated heterocycles. The van der Waals surface area contributed by atoms with Crippen molar-refractivity contribution in [1.82, 2.24) is 20.0 Å². The first-order valence-corrected chi connectivity index (χ1v) is 9.69. The summed E-state index contributed by atoms with van der Waals surface area (Å²) in [5.41, 5.74) is 2.10. The van der Waals surface area contributed by atoms with Crippen molar-refractivity contribution in [1.29, 1.82) is 0 Å². The molecule has 4 aromatic rings. The van der Waals surface area contributed by atoms with Crippen LogP contribution in [0, 0.1) is 19.7 Å². The molecule has 0 atom stereocenters. The number of carbonyl (C=O) groups excluding carboxylic acids is 1. The van der Waals surface area contributed by atoms with Gasteiger partial charge in [0.1, 0.15) is 11.6 Å². The zero-order chi connectivity index (χ0) is 22.0. The Morgan fingerprint density at radius 2 is 1.84 bits per heavy atom. The number of hydrogen-bond acceptors (Lipinski definition) is 5. The Morgan fingerprint density at radius 3 is 2.45 bits per heavy atom. The van der Waals surface area contributed by atoms with E-state index in [9.17, 15) is 9.18 Å². The monoisotopic (exact) mass is 437 g/mol. The van der Waals surface area contributed by atoms with E-state index < -0.39 is 11.7 Å². The summed E-state index contributed by atoms with van der Waals surface area (Å²) in [4.78, 5) is 12.3. The van der Waals surface area contributed by atoms with Gasteiger partial charge in [0.05, 0.1) is 16.3 Å². The van der Waals surface area contributed by atoms with Gasteiger partial charge in [0, 0.05) is 17.4 Å². The summed E-state index contributed by atoms with van der Waals surface area (Å²) in [6.45, 7) is 3.85. The molecule has 0 aliphatic carbocycles. The number of anilines is 1. The Balaban J connectivity index is 1.43. The highest BCUT2D eigenvalue weighted by molar-refractivity contribution is 6.34. The molecule has 156 valence electrons. The number of aryl methyl sites for hydroxylation is 2. The molecule has 2 aromatic carbocycles. The van der Waals surface area contributed by atoms with Gasteiger partial charge >= 0.3 is 0 Å². The third kappa shape index (κ3) is 4.54. The number of amides is 1. The topological polar surface area (TPSA) is 81.9 Å². The van der Waals surface area contributed by atoms with Gasteiger partial charge in [-0.1, -0.05) is 17.7 Å². The van der Waals surface area contributed by atoms with Crippen LogP contribution in [0.15, 0.2) is 60.7 Å². The number of nitrogens with one attached hydrogen (secondary N) is 1. The summed E-state index contributed by atoms with van der Waals surface area (Å²) in [7, 11) is 0. The number of nitrogens with zero attached hydrogens (tertiary/aromatic N) is 4. The minimum absolute atomic E-state index is 0.0416. The number of benzene rings is 2. The molecule has 1 N–H and O–H groups in total. The lowest BCUT2D eigenvalue weighted by molar-refractivity contribution is 0.102. The molecule has 9 heteroatoms. The van der Waals surface area contributed by atoms with E-state index in [1.165, 1.54) is 18.2 Å². The second-order valence-corrected chi connectivity index (χ2v) is 7.15. The predicted octanol–water partition coefficient (Wildman–Crippen LogP) is 5.12. The minimum Gasteiger partial charge on any atom is -0.438 e. The first-order chi connectivity index (χ1) is 14.9. The van der Waals surface area contributed by atoms with Crippen molar-refractivity contribution in [2.24, 2.45) is 0 Å². The standard InChI is InChI=1S/C22H17ClFN5O2/c1-13-12-14(2)29(28-13)19-10-11-20(27-26-19)31-16-8-6-15(7-9-16)25-22(30)21-17(23)4-3-5-18(21)24/h3-12H,1-2H3,(H,25,30). The van der Waals surface area contributed by atoms with E-state index >= 15 is 0 Å². The Hall–Kier alpha value is -3.78. The SMILES string of the molecule is Cc1cc(C)n(-c2ccc(Oc3ccc(NC(=O)c4c(F)cccc4Cl)cc3)nn2)n1. The van der Waals surface area contributed by atoms with Crippen LogP contribution in [-0.4, -0.2) is 25.9 Å². The van der Waals surface area contributed by atoms with Gasteiger partial charge in [0.15, 0.2) is 5.82 Å². The maximum atomic E-state index is 13.9. The van der Waals surface area contributed by atoms with Gasteiger partial charge in [0.2, 0.25) is 5.88 Å². The van der Waals surface area contributed by atoms with Crippen LogP contribution in [0.25, 0.3) is 5.82 Å². The molecule has 0 aliphatic heterocycles. The van der Waals surface area contributed by atoms with Gasteiger partial charge in [-0.15, -0.1) is 10.2 Å². The second-order valence-electron chi connectivity index (χ2n) is 6.75. The van der Waals surface area contributed by atoms with Crippen LogP contribution in [0.3, 0.4) is 0 Å². The molecule has 1 amide bonds. The van der Waals surface area contributed by atoms with Crippen LogP contribution in [-0.2, 0) is 0 Å². The number of halogens is 2. The first-order valence-electron chi connectivity index (χ1n) is 9.31. The van der Waals surface area contributed by atoms with Crippen molar-refractivity contribution < 1.29 is 13.9 Å². The summed E-state index contributed by atoms with van der Waals surface area (Å²) < 4.78 is 21.3. The molecule has 4 rings (SSSR count). The number of ether oxygens (including phenoxy) is 1. The molecule has 31 heavy (non-hydrogen) atoms. The first kappa shape index (κ1) is 20.5. The Bertz CT molecular complexity index is 1220. The highest BCUT2D eigenvalue weighted by atomic mass is 35.5. The average Bonchev–Trinajstić information content (AvgIpc) is 3.08. The Morgan fingerprint density at radius 1 is 1.06 bits per heavy atom. The minimum atomic E-state index is -0.688. The maximum Gasteiger partial charge on any atom is 0.260 e. The third-order valence-electron chi connectivity index (χ3n) is 4.38. The summed E-state index contributed by atoms with van der Waals surface area (Å²) in [6, 6.07) is 16.0. The number of rotatable bonds is 5. The van der Waals surface area contributed by atoms with E-state index in [1.807, 2.05) is 19.9 Å². The van der Waals surface area contributed by atoms with Crippen molar-refractivity contribution in [3.05, 3.63) is 88.5 Å². The molecule has 2 heterocycles. The van der Waals surface area contributed by atoms with Crippen LogP contribution in [0.2, 0.25) is 5.02 Å². The number of aromatic nitrogens is 4. The van der Waals surface area contributed by atoms with Crippen molar-refractivity contribution in [3.8, 4) is 17.4 Å². The molecule has 2 aromatic heterocycles. The van der Waals surface area contributed by atoms with Gasteiger partial charge in [-0.2, -0.15) is 5.10 Å². The summed E-state index contributed by atoms with van der Waals surface area (Å²) in [5, 5.41) is 15.2. The maximum absolute atomic E-state index is 13.9. The second kappa shape index (κ2) is 8.53. The van der Waals surface area contributed by atoms with E-state index in [2.05, 4.69) is 20.6 Å². The molecule has 0 radical (unpaired) electrons. The zero-order valence-electron chi connectivity index (χ0n) is 16.6. The van der Waals surface area contributed by atoms with E-state index in [1.54, 1.807) is 41.1 Å². The smallest absolute Gasteiger partial charge is 0.260 e. The van der Waals surface area contributed by atoms with E-state index in [-0.39, 0.29) is 10.6 Å². The van der Waals surface area contributed by atoms with E-state index in [4.69, 9.17) is 16.3 Å². The molecule has 0 fully saturated rings. The number of hydrogen-bond donors (Lipinski definition) is 1. The van der Waals surface area contributed by atoms with E-state index in [0.717, 1.165) is 11.4 Å². The lowest BCUT2D eigenvalue weighted by atomic mass is 10.2. The largest absolute Gasteiger partial charge is 0.438 e. The van der Waals surface area contributed by atoms with Crippen molar-refractivity contribution >= 4 is 23.2 Å². The predicted molar refractivity (Wildman–Crippen MR) is 115 cm³/mol. The molecule has 0 aliphatic rings. The molecular formula is C22H17ClFN5O2. The highest BCUT2D eigenvalue weighted by Crippen LogP contribution is 2.24. The fraction of sp³-hybridized carbons (Fsp3) is 0.0909. The van der Waals surface area contributed by atoms with Crippen LogP contribution < -0.4 is 10.1 Å². The quantitative estimate of drug-likeness (QED) is 0.468. The molecule has 0 bridgehead atoms. The van der Waals surface area contributed by atoms with Gasteiger partial charge in [-0.3, -0.25) is 4.79 Å². The van der Waals surface area contributed by atoms with Crippen LogP contribution >= 0.6 is 11.6 Å². The lowest BCUT2D eigenvalue weighted by Gasteiger charge is -2.09. The molecule has 0 spiro atoms. The zero-order valence-corrected chi connectivity index (χ0v) is 17.4. The van der Waals surface area contributed by atoms with Gasteiger partial charge < -0.3 is 10.1 Å². The summed E-state index contributed by atoms with van der Waals surface area (Å²) >= 11 is 5.93. The summed E-state index contributed by atoms with van der Waals surface area (Å²) in [6.07, 6.45) is 0. The van der Waals surface area contributed by atoms with Gasteiger partial charge in [-0.05, 0) is 62.4 Å². The average molecular weight is 438 g/mol. The third-order valence-corrected chi connectivity index (χ3v) is 4.69. The van der Waals surface area contributed by atoms with Crippen molar-refractivity contribution in [2.75, 3.05) is 5.32 Å². The van der Waals surface area contributed by atoms with Gasteiger partial charge in [-0.25, -0.2) is 9.07 Å². The normalized spacial score (nSPS) is 10.7. The van der Waals surface area contributed by atoms with Crippen molar-refractivity contribution in [2.45, 2.75) is 13.8 Å². The van der Waals surface area contributed by atoms with Crippen LogP contribution in [0.5, 0.6) is 11.6 Å². The summed E-state index contributed by atoms with van der Waals surface area (Å²) in [5.74, 6) is 0.0629. The van der Waals surface area contributed by atoms with Crippen molar-refractivity contribution in [3.63, 3.8) is 0 Å². The van der Waals surface area contributed by atoms with Crippen LogP contribution in [0.1, 0.15) is 21.7 Å². The molecular weight excluding hydrogens is 421 g/mol. The molecule has 0 saturated carbocycles. The number of carbonyl (C=O) groups is 1. The fourth-order valence-corrected chi connectivity index (χ4v) is 3.23. The van der Waals surface area contributed by atoms with Crippen LogP contribution in [0.4, 0.5) is 10.1 Å². The fourth-order valence-electron chi connectivity index (χ4n) is 2.98. The lowest BCUT2D eigenvalue weighted by Crippen LogP contribution is -2.14. The van der Waals surface area contributed by atoms with E-state index in [0.29, 0.717) is 23.1 Å².